The zero-order chi connectivity index (χ0) is 14.0. The summed E-state index contributed by atoms with van der Waals surface area (Å²) in [4.78, 5) is 13.0. The fourth-order valence-electron chi connectivity index (χ4n) is 7.11. The first kappa shape index (κ1) is 13.2. The Balaban J connectivity index is 1.58. The molecule has 0 aromatic rings. The lowest BCUT2D eigenvalue weighted by molar-refractivity contribution is -0.170. The molecule has 0 aromatic carbocycles. The molecule has 5 rings (SSSR count). The standard InChI is InChI=1S/C18H29NO/c1-16-7-13-8-17(2,10-16)12-18(9-13,11-16)15(20)19-14-5-3-4-6-14/h13-14H,3-12H2,1-2H3,(H,19,20)/t13?,16-,17+,18?. The van der Waals surface area contributed by atoms with Gasteiger partial charge >= 0.3 is 0 Å². The lowest BCUT2D eigenvalue weighted by Crippen LogP contribution is -2.60. The van der Waals surface area contributed by atoms with Gasteiger partial charge < -0.3 is 5.32 Å². The van der Waals surface area contributed by atoms with Crippen LogP contribution in [0.4, 0.5) is 0 Å². The van der Waals surface area contributed by atoms with Crippen LogP contribution in [0, 0.1) is 22.2 Å². The van der Waals surface area contributed by atoms with Gasteiger partial charge in [-0.05, 0) is 68.1 Å². The summed E-state index contributed by atoms with van der Waals surface area (Å²) < 4.78 is 0. The van der Waals surface area contributed by atoms with Crippen LogP contribution in [0.1, 0.15) is 78.1 Å². The molecule has 112 valence electrons. The van der Waals surface area contributed by atoms with Crippen LogP contribution in [0.2, 0.25) is 0 Å². The van der Waals surface area contributed by atoms with Gasteiger partial charge in [-0.25, -0.2) is 0 Å². The van der Waals surface area contributed by atoms with E-state index in [-0.39, 0.29) is 5.41 Å². The first-order valence-electron chi connectivity index (χ1n) is 8.72. The predicted molar refractivity (Wildman–Crippen MR) is 80.2 cm³/mol. The number of hydrogen-bond acceptors (Lipinski definition) is 1. The summed E-state index contributed by atoms with van der Waals surface area (Å²) >= 11 is 0. The fraction of sp³-hybridized carbons (Fsp3) is 0.944. The predicted octanol–water partition coefficient (Wildman–Crippen LogP) is 4.04. The molecule has 20 heavy (non-hydrogen) atoms. The Morgan fingerprint density at radius 1 is 0.950 bits per heavy atom. The molecule has 2 unspecified atom stereocenters. The van der Waals surface area contributed by atoms with Crippen LogP contribution in [-0.2, 0) is 4.79 Å². The van der Waals surface area contributed by atoms with Crippen molar-refractivity contribution in [3.05, 3.63) is 0 Å². The van der Waals surface area contributed by atoms with Gasteiger partial charge in [0.25, 0.3) is 0 Å². The van der Waals surface area contributed by atoms with Gasteiger partial charge in [-0.2, -0.15) is 0 Å². The third kappa shape index (κ3) is 1.94. The number of nitrogens with one attached hydrogen (secondary N) is 1. The Morgan fingerprint density at radius 2 is 1.55 bits per heavy atom. The minimum atomic E-state index is -0.00843. The molecule has 0 aliphatic heterocycles. The summed E-state index contributed by atoms with van der Waals surface area (Å²) in [5.41, 5.74) is 0.883. The van der Waals surface area contributed by atoms with Crippen LogP contribution < -0.4 is 5.32 Å². The van der Waals surface area contributed by atoms with E-state index in [2.05, 4.69) is 19.2 Å². The van der Waals surface area contributed by atoms with Crippen LogP contribution in [-0.4, -0.2) is 11.9 Å². The number of hydrogen-bond donors (Lipinski definition) is 1. The maximum atomic E-state index is 13.0. The van der Waals surface area contributed by atoms with Gasteiger partial charge in [0.1, 0.15) is 0 Å². The largest absolute Gasteiger partial charge is 0.353 e. The highest BCUT2D eigenvalue weighted by Gasteiger charge is 2.62. The third-order valence-corrected chi connectivity index (χ3v) is 6.80. The van der Waals surface area contributed by atoms with E-state index in [9.17, 15) is 4.79 Å². The van der Waals surface area contributed by atoms with Crippen LogP contribution in [0.3, 0.4) is 0 Å². The molecular weight excluding hydrogens is 246 g/mol. The van der Waals surface area contributed by atoms with Crippen molar-refractivity contribution in [2.75, 3.05) is 0 Å². The molecule has 5 saturated carbocycles. The van der Waals surface area contributed by atoms with E-state index in [0.717, 1.165) is 18.8 Å². The molecule has 0 heterocycles. The SMILES string of the molecule is C[C@]12CC3CC(C(=O)NC4CCCC4)(C1)C[C@@](C)(C3)C2. The van der Waals surface area contributed by atoms with Gasteiger partial charge in [0.05, 0.1) is 5.41 Å². The first-order valence-corrected chi connectivity index (χ1v) is 8.72. The number of carbonyl (C=O) groups excluding carboxylic acids is 1. The number of carbonyl (C=O) groups is 1. The molecule has 4 atom stereocenters. The van der Waals surface area contributed by atoms with Crippen LogP contribution in [0.15, 0.2) is 0 Å². The Bertz CT molecular complexity index is 419. The molecule has 5 fully saturated rings. The molecule has 0 radical (unpaired) electrons. The molecule has 5 aliphatic rings. The summed E-state index contributed by atoms with van der Waals surface area (Å²) in [5, 5.41) is 3.43. The van der Waals surface area contributed by atoms with Crippen molar-refractivity contribution in [1.82, 2.24) is 5.32 Å². The zero-order valence-corrected chi connectivity index (χ0v) is 13.1. The second-order valence-electron chi connectivity index (χ2n) is 9.37. The number of amides is 1. The van der Waals surface area contributed by atoms with E-state index in [0.29, 0.717) is 22.8 Å². The average molecular weight is 275 g/mol. The molecule has 0 aromatic heterocycles. The lowest BCUT2D eigenvalue weighted by atomic mass is 9.40. The minimum absolute atomic E-state index is 0.00843. The zero-order valence-electron chi connectivity index (χ0n) is 13.1. The van der Waals surface area contributed by atoms with Gasteiger partial charge in [-0.1, -0.05) is 26.7 Å². The Morgan fingerprint density at radius 3 is 2.10 bits per heavy atom. The third-order valence-electron chi connectivity index (χ3n) is 6.80. The van der Waals surface area contributed by atoms with Crippen LogP contribution in [0.25, 0.3) is 0 Å². The monoisotopic (exact) mass is 275 g/mol. The van der Waals surface area contributed by atoms with Crippen molar-refractivity contribution in [1.29, 1.82) is 0 Å². The highest BCUT2D eigenvalue weighted by atomic mass is 16.2. The molecule has 0 saturated heterocycles. The van der Waals surface area contributed by atoms with Gasteiger partial charge in [-0.15, -0.1) is 0 Å². The maximum absolute atomic E-state index is 13.0. The van der Waals surface area contributed by atoms with Crippen molar-refractivity contribution >= 4 is 5.91 Å². The lowest BCUT2D eigenvalue weighted by Gasteiger charge is -2.64. The Kier molecular flexibility index (Phi) is 2.64. The molecule has 2 nitrogen and oxygen atoms in total. The molecule has 0 spiro atoms. The summed E-state index contributed by atoms with van der Waals surface area (Å²) in [7, 11) is 0. The summed E-state index contributed by atoms with van der Waals surface area (Å²) in [5.74, 6) is 1.24. The van der Waals surface area contributed by atoms with Gasteiger partial charge in [-0.3, -0.25) is 4.79 Å². The van der Waals surface area contributed by atoms with Gasteiger partial charge in [0.15, 0.2) is 0 Å². The summed E-state index contributed by atoms with van der Waals surface area (Å²) in [6, 6.07) is 0.483. The summed E-state index contributed by atoms with van der Waals surface area (Å²) in [6.45, 7) is 4.90. The fourth-order valence-corrected chi connectivity index (χ4v) is 7.11. The van der Waals surface area contributed by atoms with Crippen molar-refractivity contribution in [2.45, 2.75) is 84.1 Å². The number of rotatable bonds is 2. The molecule has 2 heteroatoms. The smallest absolute Gasteiger partial charge is 0.226 e. The molecule has 1 amide bonds. The minimum Gasteiger partial charge on any atom is -0.353 e. The second kappa shape index (κ2) is 4.01. The molecule has 4 bridgehead atoms. The van der Waals surface area contributed by atoms with Crippen molar-refractivity contribution in [2.24, 2.45) is 22.2 Å². The van der Waals surface area contributed by atoms with E-state index < -0.39 is 0 Å². The molecule has 5 aliphatic carbocycles. The van der Waals surface area contributed by atoms with Gasteiger partial charge in [0, 0.05) is 6.04 Å². The molecular formula is C18H29NO. The average Bonchev–Trinajstić information content (AvgIpc) is 2.76. The normalized spacial score (nSPS) is 50.6. The topological polar surface area (TPSA) is 29.1 Å². The summed E-state index contributed by atoms with van der Waals surface area (Å²) in [6.07, 6.45) is 12.6. The quantitative estimate of drug-likeness (QED) is 0.809. The van der Waals surface area contributed by atoms with E-state index in [4.69, 9.17) is 0 Å². The first-order chi connectivity index (χ1) is 9.41. The van der Waals surface area contributed by atoms with E-state index in [1.54, 1.807) is 0 Å². The van der Waals surface area contributed by atoms with E-state index in [1.807, 2.05) is 0 Å². The Hall–Kier alpha value is -0.530. The van der Waals surface area contributed by atoms with Crippen LogP contribution >= 0.6 is 0 Å². The highest BCUT2D eigenvalue weighted by Crippen LogP contribution is 2.69. The van der Waals surface area contributed by atoms with Crippen LogP contribution in [0.5, 0.6) is 0 Å². The van der Waals surface area contributed by atoms with E-state index >= 15 is 0 Å². The van der Waals surface area contributed by atoms with Crippen molar-refractivity contribution < 1.29 is 4.79 Å². The maximum Gasteiger partial charge on any atom is 0.226 e. The second-order valence-corrected chi connectivity index (χ2v) is 9.37. The Labute approximate surface area is 123 Å². The van der Waals surface area contributed by atoms with Crippen molar-refractivity contribution in [3.63, 3.8) is 0 Å². The molecule has 1 N–H and O–H groups in total. The van der Waals surface area contributed by atoms with Crippen molar-refractivity contribution in [3.8, 4) is 0 Å². The van der Waals surface area contributed by atoms with Gasteiger partial charge in [0.2, 0.25) is 5.91 Å². The van der Waals surface area contributed by atoms with E-state index in [1.165, 1.54) is 51.4 Å². The highest BCUT2D eigenvalue weighted by molar-refractivity contribution is 5.83.